The highest BCUT2D eigenvalue weighted by molar-refractivity contribution is 6.02. The summed E-state index contributed by atoms with van der Waals surface area (Å²) in [6, 6.07) is 13.0. The number of carbonyl (C=O) groups excluding carboxylic acids is 2. The summed E-state index contributed by atoms with van der Waals surface area (Å²) >= 11 is 0. The standard InChI is InChI=1S/C20H24N2O2/c1-13(23)17-10-7-15(11-18(17)21)19(24)22-12-14-5-8-16(9-6-14)20(2,3)4/h5-11H,12,21H2,1-4H3,(H,22,24). The lowest BCUT2D eigenvalue weighted by molar-refractivity contribution is 0.0949. The number of rotatable bonds is 4. The first-order valence-corrected chi connectivity index (χ1v) is 7.96. The summed E-state index contributed by atoms with van der Waals surface area (Å²) in [5.74, 6) is -0.324. The van der Waals surface area contributed by atoms with Crippen molar-refractivity contribution in [1.82, 2.24) is 5.32 Å². The fourth-order valence-corrected chi connectivity index (χ4v) is 2.43. The topological polar surface area (TPSA) is 72.2 Å². The van der Waals surface area contributed by atoms with Crippen LogP contribution in [-0.2, 0) is 12.0 Å². The molecule has 0 saturated heterocycles. The Morgan fingerprint density at radius 3 is 2.17 bits per heavy atom. The smallest absolute Gasteiger partial charge is 0.251 e. The number of benzene rings is 2. The van der Waals surface area contributed by atoms with Crippen LogP contribution in [0.5, 0.6) is 0 Å². The van der Waals surface area contributed by atoms with E-state index >= 15 is 0 Å². The highest BCUT2D eigenvalue weighted by atomic mass is 16.1. The maximum absolute atomic E-state index is 12.2. The Labute approximate surface area is 143 Å². The zero-order chi connectivity index (χ0) is 17.9. The van der Waals surface area contributed by atoms with Crippen LogP contribution in [0.3, 0.4) is 0 Å². The molecule has 0 bridgehead atoms. The van der Waals surface area contributed by atoms with Gasteiger partial charge in [0.25, 0.3) is 5.91 Å². The Balaban J connectivity index is 2.03. The molecule has 0 spiro atoms. The zero-order valence-corrected chi connectivity index (χ0v) is 14.6. The summed E-state index contributed by atoms with van der Waals surface area (Å²) in [7, 11) is 0. The Bertz CT molecular complexity index is 756. The Kier molecular flexibility index (Phi) is 5.07. The number of amides is 1. The van der Waals surface area contributed by atoms with E-state index in [2.05, 4.69) is 38.2 Å². The molecule has 3 N–H and O–H groups in total. The lowest BCUT2D eigenvalue weighted by Crippen LogP contribution is -2.23. The van der Waals surface area contributed by atoms with Gasteiger partial charge in [0.2, 0.25) is 0 Å². The molecule has 2 aromatic rings. The van der Waals surface area contributed by atoms with Gasteiger partial charge in [-0.3, -0.25) is 9.59 Å². The van der Waals surface area contributed by atoms with Crippen LogP contribution < -0.4 is 11.1 Å². The van der Waals surface area contributed by atoms with Crippen LogP contribution >= 0.6 is 0 Å². The fourth-order valence-electron chi connectivity index (χ4n) is 2.43. The molecule has 2 rings (SSSR count). The van der Waals surface area contributed by atoms with Crippen molar-refractivity contribution in [3.8, 4) is 0 Å². The number of nitrogens with one attached hydrogen (secondary N) is 1. The van der Waals surface area contributed by atoms with Crippen LogP contribution in [0.4, 0.5) is 5.69 Å². The minimum atomic E-state index is -0.211. The van der Waals surface area contributed by atoms with Crippen molar-refractivity contribution in [2.45, 2.75) is 39.7 Å². The first kappa shape index (κ1) is 17.7. The molecule has 4 nitrogen and oxygen atoms in total. The quantitative estimate of drug-likeness (QED) is 0.665. The predicted octanol–water partition coefficient (Wildman–Crippen LogP) is 3.70. The van der Waals surface area contributed by atoms with Gasteiger partial charge in [0.15, 0.2) is 5.78 Å². The largest absolute Gasteiger partial charge is 0.398 e. The molecule has 1 amide bonds. The molecule has 0 fully saturated rings. The number of carbonyl (C=O) groups is 2. The Morgan fingerprint density at radius 1 is 1.04 bits per heavy atom. The van der Waals surface area contributed by atoms with Crippen molar-refractivity contribution in [2.75, 3.05) is 5.73 Å². The number of hydrogen-bond acceptors (Lipinski definition) is 3. The molecular weight excluding hydrogens is 300 g/mol. The number of nitrogen functional groups attached to an aromatic ring is 1. The lowest BCUT2D eigenvalue weighted by atomic mass is 9.87. The van der Waals surface area contributed by atoms with Crippen molar-refractivity contribution in [3.63, 3.8) is 0 Å². The third kappa shape index (κ3) is 4.22. The van der Waals surface area contributed by atoms with Gasteiger partial charge < -0.3 is 11.1 Å². The summed E-state index contributed by atoms with van der Waals surface area (Å²) in [4.78, 5) is 23.6. The van der Waals surface area contributed by atoms with Crippen LogP contribution in [0.1, 0.15) is 59.5 Å². The zero-order valence-electron chi connectivity index (χ0n) is 14.6. The third-order valence-electron chi connectivity index (χ3n) is 3.97. The average molecular weight is 324 g/mol. The van der Waals surface area contributed by atoms with Crippen molar-refractivity contribution < 1.29 is 9.59 Å². The number of ketones is 1. The second-order valence-electron chi connectivity index (χ2n) is 6.99. The monoisotopic (exact) mass is 324 g/mol. The van der Waals surface area contributed by atoms with E-state index in [0.717, 1.165) is 5.56 Å². The summed E-state index contributed by atoms with van der Waals surface area (Å²) in [6.07, 6.45) is 0. The second kappa shape index (κ2) is 6.87. The Hall–Kier alpha value is -2.62. The maximum Gasteiger partial charge on any atom is 0.251 e. The van der Waals surface area contributed by atoms with E-state index in [4.69, 9.17) is 5.73 Å². The molecule has 126 valence electrons. The molecular formula is C20H24N2O2. The summed E-state index contributed by atoms with van der Waals surface area (Å²) < 4.78 is 0. The highest BCUT2D eigenvalue weighted by Crippen LogP contribution is 2.22. The van der Waals surface area contributed by atoms with Crippen molar-refractivity contribution >= 4 is 17.4 Å². The van der Waals surface area contributed by atoms with Crippen LogP contribution in [0.25, 0.3) is 0 Å². The van der Waals surface area contributed by atoms with E-state index in [0.29, 0.717) is 23.4 Å². The van der Waals surface area contributed by atoms with Gasteiger partial charge in [0, 0.05) is 23.4 Å². The molecule has 0 aliphatic carbocycles. The van der Waals surface area contributed by atoms with Crippen molar-refractivity contribution in [1.29, 1.82) is 0 Å². The molecule has 0 radical (unpaired) electrons. The van der Waals surface area contributed by atoms with Gasteiger partial charge in [-0.2, -0.15) is 0 Å². The minimum absolute atomic E-state index is 0.109. The number of anilines is 1. The minimum Gasteiger partial charge on any atom is -0.398 e. The molecule has 24 heavy (non-hydrogen) atoms. The SMILES string of the molecule is CC(=O)c1ccc(C(=O)NCc2ccc(C(C)(C)C)cc2)cc1N. The van der Waals surface area contributed by atoms with Crippen molar-refractivity contribution in [3.05, 3.63) is 64.7 Å². The van der Waals surface area contributed by atoms with Gasteiger partial charge in [0.1, 0.15) is 0 Å². The number of Topliss-reactive ketones (excluding diaryl/α,β-unsaturated/α-hetero) is 1. The molecule has 0 aliphatic heterocycles. The second-order valence-corrected chi connectivity index (χ2v) is 6.99. The van der Waals surface area contributed by atoms with Crippen LogP contribution in [-0.4, -0.2) is 11.7 Å². The number of nitrogens with two attached hydrogens (primary N) is 1. The van der Waals surface area contributed by atoms with E-state index in [9.17, 15) is 9.59 Å². The van der Waals surface area contributed by atoms with Gasteiger partial charge in [0.05, 0.1) is 0 Å². The van der Waals surface area contributed by atoms with E-state index in [1.807, 2.05) is 12.1 Å². The predicted molar refractivity (Wildman–Crippen MR) is 97.2 cm³/mol. The average Bonchev–Trinajstić information content (AvgIpc) is 2.51. The van der Waals surface area contributed by atoms with Crippen LogP contribution in [0.15, 0.2) is 42.5 Å². The third-order valence-corrected chi connectivity index (χ3v) is 3.97. The highest BCUT2D eigenvalue weighted by Gasteiger charge is 2.13. The molecule has 0 aliphatic rings. The molecule has 0 unspecified atom stereocenters. The Morgan fingerprint density at radius 2 is 1.67 bits per heavy atom. The molecule has 0 saturated carbocycles. The normalized spacial score (nSPS) is 11.2. The lowest BCUT2D eigenvalue weighted by Gasteiger charge is -2.19. The molecule has 0 aromatic heterocycles. The molecule has 0 heterocycles. The first-order chi connectivity index (χ1) is 11.2. The van der Waals surface area contributed by atoms with Gasteiger partial charge in [-0.25, -0.2) is 0 Å². The first-order valence-electron chi connectivity index (χ1n) is 7.96. The molecule has 4 heteroatoms. The maximum atomic E-state index is 12.2. The van der Waals surface area contributed by atoms with E-state index in [1.54, 1.807) is 12.1 Å². The molecule has 0 atom stereocenters. The number of hydrogen-bond donors (Lipinski definition) is 2. The fraction of sp³-hybridized carbons (Fsp3) is 0.300. The molecule has 2 aromatic carbocycles. The van der Waals surface area contributed by atoms with E-state index < -0.39 is 0 Å². The van der Waals surface area contributed by atoms with Gasteiger partial charge in [-0.1, -0.05) is 45.0 Å². The van der Waals surface area contributed by atoms with Gasteiger partial charge in [-0.05, 0) is 41.7 Å². The van der Waals surface area contributed by atoms with Gasteiger partial charge >= 0.3 is 0 Å². The van der Waals surface area contributed by atoms with Crippen molar-refractivity contribution in [2.24, 2.45) is 0 Å². The van der Waals surface area contributed by atoms with E-state index in [-0.39, 0.29) is 17.1 Å². The van der Waals surface area contributed by atoms with Gasteiger partial charge in [-0.15, -0.1) is 0 Å². The summed E-state index contributed by atoms with van der Waals surface area (Å²) in [5.41, 5.74) is 9.43. The summed E-state index contributed by atoms with van der Waals surface area (Å²) in [6.45, 7) is 8.39. The van der Waals surface area contributed by atoms with Crippen LogP contribution in [0, 0.1) is 0 Å². The van der Waals surface area contributed by atoms with Crippen LogP contribution in [0.2, 0.25) is 0 Å². The van der Waals surface area contributed by atoms with E-state index in [1.165, 1.54) is 18.6 Å². The summed E-state index contributed by atoms with van der Waals surface area (Å²) in [5, 5.41) is 2.87.